The van der Waals surface area contributed by atoms with Gasteiger partial charge in [0.1, 0.15) is 0 Å². The number of benzene rings is 2. The predicted molar refractivity (Wildman–Crippen MR) is 84.4 cm³/mol. The van der Waals surface area contributed by atoms with Crippen molar-refractivity contribution in [2.45, 2.75) is 6.42 Å². The molecule has 0 fully saturated rings. The smallest absolute Gasteiger partial charge is 0.231 e. The first-order valence-corrected chi connectivity index (χ1v) is 6.61. The molecule has 0 atom stereocenters. The minimum absolute atomic E-state index is 0. The van der Waals surface area contributed by atoms with Crippen LogP contribution in [0.4, 0.5) is 0 Å². The molecule has 3 nitrogen and oxygen atoms in total. The number of pyridine rings is 1. The summed E-state index contributed by atoms with van der Waals surface area (Å²) in [7, 11) is 0. The molecule has 2 aromatic carbocycles. The van der Waals surface area contributed by atoms with Gasteiger partial charge in [-0.15, -0.1) is 12.4 Å². The Morgan fingerprint density at radius 3 is 2.52 bits per heavy atom. The molecule has 0 unspecified atom stereocenters. The molecule has 1 aliphatic rings. The van der Waals surface area contributed by atoms with E-state index in [-0.39, 0.29) is 12.4 Å². The summed E-state index contributed by atoms with van der Waals surface area (Å²) in [5, 5.41) is 1.13. The highest BCUT2D eigenvalue weighted by Crippen LogP contribution is 2.36. The van der Waals surface area contributed by atoms with Crippen molar-refractivity contribution in [2.24, 2.45) is 0 Å². The molecular weight excluding hydrogens is 286 g/mol. The second kappa shape index (κ2) is 5.62. The van der Waals surface area contributed by atoms with Crippen LogP contribution in [-0.4, -0.2) is 11.8 Å². The van der Waals surface area contributed by atoms with Crippen molar-refractivity contribution in [1.29, 1.82) is 0 Å². The molecule has 3 aromatic rings. The number of halogens is 1. The Bertz CT molecular complexity index is 774. The monoisotopic (exact) mass is 299 g/mol. The molecule has 1 aliphatic heterocycles. The number of fused-ring (bicyclic) bond motifs is 2. The summed E-state index contributed by atoms with van der Waals surface area (Å²) in [6.45, 7) is 0.291. The summed E-state index contributed by atoms with van der Waals surface area (Å²) in [5.41, 5.74) is 3.49. The highest BCUT2D eigenvalue weighted by molar-refractivity contribution is 5.86. The third-order valence-electron chi connectivity index (χ3n) is 3.56. The van der Waals surface area contributed by atoms with E-state index in [1.54, 1.807) is 0 Å². The normalized spacial score (nSPS) is 12.2. The van der Waals surface area contributed by atoms with Crippen molar-refractivity contribution in [3.8, 4) is 11.5 Å². The third-order valence-corrected chi connectivity index (χ3v) is 3.56. The van der Waals surface area contributed by atoms with Gasteiger partial charge in [-0.25, -0.2) is 0 Å². The molecule has 0 radical (unpaired) electrons. The number of hydrogen-bond acceptors (Lipinski definition) is 3. The van der Waals surface area contributed by atoms with Gasteiger partial charge in [-0.2, -0.15) is 0 Å². The molecule has 4 rings (SSSR count). The minimum atomic E-state index is 0. The van der Waals surface area contributed by atoms with E-state index in [0.717, 1.165) is 28.8 Å². The average Bonchev–Trinajstić information content (AvgIpc) is 2.94. The van der Waals surface area contributed by atoms with Crippen LogP contribution in [-0.2, 0) is 6.42 Å². The van der Waals surface area contributed by atoms with Gasteiger partial charge in [0.05, 0.1) is 5.52 Å². The number of aromatic nitrogens is 1. The second-order valence-corrected chi connectivity index (χ2v) is 4.86. The largest absolute Gasteiger partial charge is 0.454 e. The average molecular weight is 300 g/mol. The number of ether oxygens (including phenoxy) is 2. The van der Waals surface area contributed by atoms with Gasteiger partial charge in [0.15, 0.2) is 11.5 Å². The predicted octanol–water partition coefficient (Wildman–Crippen LogP) is 3.98. The first-order valence-electron chi connectivity index (χ1n) is 6.61. The van der Waals surface area contributed by atoms with E-state index in [1.807, 2.05) is 24.4 Å². The molecule has 0 N–H and O–H groups in total. The van der Waals surface area contributed by atoms with Gasteiger partial charge < -0.3 is 9.47 Å². The van der Waals surface area contributed by atoms with E-state index in [2.05, 4.69) is 35.3 Å². The van der Waals surface area contributed by atoms with Crippen LogP contribution in [0.2, 0.25) is 0 Å². The Hall–Kier alpha value is -2.26. The van der Waals surface area contributed by atoms with Crippen LogP contribution in [0, 0.1) is 0 Å². The van der Waals surface area contributed by atoms with Crippen LogP contribution in [0.15, 0.2) is 54.7 Å². The summed E-state index contributed by atoms with van der Waals surface area (Å²) >= 11 is 0. The molecular formula is C17H14ClNO2. The highest BCUT2D eigenvalue weighted by Gasteiger charge is 2.16. The van der Waals surface area contributed by atoms with E-state index < -0.39 is 0 Å². The molecule has 0 spiro atoms. The highest BCUT2D eigenvalue weighted by atomic mass is 35.5. The molecule has 4 heteroatoms. The molecule has 0 saturated heterocycles. The van der Waals surface area contributed by atoms with Crippen LogP contribution in [0.1, 0.15) is 11.1 Å². The van der Waals surface area contributed by atoms with E-state index in [9.17, 15) is 0 Å². The minimum Gasteiger partial charge on any atom is -0.454 e. The van der Waals surface area contributed by atoms with E-state index in [1.165, 1.54) is 11.1 Å². The molecule has 1 aromatic heterocycles. The SMILES string of the molecule is Cl.c1ccc(Cc2ccnc3cc4c(cc23)OCO4)cc1. The zero-order chi connectivity index (χ0) is 13.4. The van der Waals surface area contributed by atoms with Crippen LogP contribution in [0.3, 0.4) is 0 Å². The molecule has 0 bridgehead atoms. The summed E-state index contributed by atoms with van der Waals surface area (Å²) < 4.78 is 10.9. The van der Waals surface area contributed by atoms with Crippen LogP contribution in [0.25, 0.3) is 10.9 Å². The maximum atomic E-state index is 5.46. The number of hydrogen-bond donors (Lipinski definition) is 0. The molecule has 0 aliphatic carbocycles. The van der Waals surface area contributed by atoms with Gasteiger partial charge in [0, 0.05) is 17.6 Å². The van der Waals surface area contributed by atoms with Gasteiger partial charge in [-0.05, 0) is 29.7 Å². The van der Waals surface area contributed by atoms with Gasteiger partial charge in [-0.1, -0.05) is 30.3 Å². The van der Waals surface area contributed by atoms with Gasteiger partial charge in [0.25, 0.3) is 0 Å². The first kappa shape index (κ1) is 13.7. The molecule has 0 amide bonds. The quantitative estimate of drug-likeness (QED) is 0.717. The van der Waals surface area contributed by atoms with Gasteiger partial charge in [-0.3, -0.25) is 4.98 Å². The fourth-order valence-corrected chi connectivity index (χ4v) is 2.56. The Morgan fingerprint density at radius 1 is 0.952 bits per heavy atom. The van der Waals surface area contributed by atoms with Gasteiger partial charge >= 0.3 is 0 Å². The topological polar surface area (TPSA) is 31.4 Å². The van der Waals surface area contributed by atoms with E-state index >= 15 is 0 Å². The molecule has 2 heterocycles. The summed E-state index contributed by atoms with van der Waals surface area (Å²) in [5.74, 6) is 1.58. The molecule has 21 heavy (non-hydrogen) atoms. The summed E-state index contributed by atoms with van der Waals surface area (Å²) in [4.78, 5) is 4.43. The Balaban J connectivity index is 0.00000132. The Morgan fingerprint density at radius 2 is 1.71 bits per heavy atom. The lowest BCUT2D eigenvalue weighted by molar-refractivity contribution is 0.174. The van der Waals surface area contributed by atoms with Crippen molar-refractivity contribution in [3.05, 3.63) is 65.9 Å². The molecule has 0 saturated carbocycles. The van der Waals surface area contributed by atoms with Crippen molar-refractivity contribution in [2.75, 3.05) is 6.79 Å². The lowest BCUT2D eigenvalue weighted by Gasteiger charge is -2.07. The van der Waals surface area contributed by atoms with Crippen molar-refractivity contribution >= 4 is 23.3 Å². The fourth-order valence-electron chi connectivity index (χ4n) is 2.56. The Labute approximate surface area is 128 Å². The summed E-state index contributed by atoms with van der Waals surface area (Å²) in [6.07, 6.45) is 2.74. The second-order valence-electron chi connectivity index (χ2n) is 4.86. The van der Waals surface area contributed by atoms with Crippen LogP contribution >= 0.6 is 12.4 Å². The van der Waals surface area contributed by atoms with Crippen molar-refractivity contribution in [1.82, 2.24) is 4.98 Å². The van der Waals surface area contributed by atoms with Crippen molar-refractivity contribution in [3.63, 3.8) is 0 Å². The van der Waals surface area contributed by atoms with E-state index in [0.29, 0.717) is 6.79 Å². The Kier molecular flexibility index (Phi) is 3.67. The lowest BCUT2D eigenvalue weighted by atomic mass is 10.0. The number of rotatable bonds is 2. The maximum Gasteiger partial charge on any atom is 0.231 e. The zero-order valence-electron chi connectivity index (χ0n) is 11.3. The maximum absolute atomic E-state index is 5.46. The molecule has 106 valence electrons. The van der Waals surface area contributed by atoms with E-state index in [4.69, 9.17) is 9.47 Å². The summed E-state index contributed by atoms with van der Waals surface area (Å²) in [6, 6.07) is 16.5. The third kappa shape index (κ3) is 2.52. The number of nitrogens with zero attached hydrogens (tertiary/aromatic N) is 1. The first-order chi connectivity index (χ1) is 9.90. The van der Waals surface area contributed by atoms with Crippen molar-refractivity contribution < 1.29 is 9.47 Å². The standard InChI is InChI=1S/C17H13NO2.ClH/c1-2-4-12(5-3-1)8-13-6-7-18-15-10-17-16(9-14(13)15)19-11-20-17;/h1-7,9-10H,8,11H2;1H. The van der Waals surface area contributed by atoms with Crippen LogP contribution in [0.5, 0.6) is 11.5 Å². The lowest BCUT2D eigenvalue weighted by Crippen LogP contribution is -1.92. The fraction of sp³-hybridized carbons (Fsp3) is 0.118. The van der Waals surface area contributed by atoms with Gasteiger partial charge in [0.2, 0.25) is 6.79 Å². The van der Waals surface area contributed by atoms with Crippen LogP contribution < -0.4 is 9.47 Å². The zero-order valence-corrected chi connectivity index (χ0v) is 12.1.